The lowest BCUT2D eigenvalue weighted by Gasteiger charge is -2.21. The van der Waals surface area contributed by atoms with Gasteiger partial charge in [-0.15, -0.1) is 11.3 Å². The molecule has 0 radical (unpaired) electrons. The molecular formula is C26H25N3OS. The van der Waals surface area contributed by atoms with Crippen LogP contribution in [-0.2, 0) is 0 Å². The first kappa shape index (κ1) is 20.8. The lowest BCUT2D eigenvalue weighted by Crippen LogP contribution is -2.17. The lowest BCUT2D eigenvalue weighted by atomic mass is 9.98. The highest BCUT2D eigenvalue weighted by atomic mass is 32.1. The number of rotatable bonds is 6. The average Bonchev–Trinajstić information content (AvgIpc) is 3.13. The van der Waals surface area contributed by atoms with E-state index in [4.69, 9.17) is 0 Å². The molecule has 2 N–H and O–H groups in total. The number of pyridine rings is 1. The number of anilines is 2. The van der Waals surface area contributed by atoms with E-state index in [1.165, 1.54) is 5.56 Å². The van der Waals surface area contributed by atoms with Crippen molar-refractivity contribution in [3.8, 4) is 0 Å². The average molecular weight is 428 g/mol. The zero-order chi connectivity index (χ0) is 21.8. The first-order chi connectivity index (χ1) is 15.0. The van der Waals surface area contributed by atoms with Crippen molar-refractivity contribution in [2.75, 3.05) is 10.6 Å². The molecule has 2 heterocycles. The van der Waals surface area contributed by atoms with Gasteiger partial charge in [0.2, 0.25) is 0 Å². The monoisotopic (exact) mass is 427 g/mol. The second-order valence-electron chi connectivity index (χ2n) is 7.67. The standard InChI is InChI=1S/C26H25N3OS/c1-17-9-11-20(12-10-17)24(28-23-15-18(2)13-14-27-23)22-16-19(3)31-26(22)29-25(30)21-7-5-4-6-8-21/h4-16,24H,1-3H3,(H,27,28)(H,29,30)/t24-/m0/s1. The van der Waals surface area contributed by atoms with Crippen molar-refractivity contribution >= 4 is 28.1 Å². The smallest absolute Gasteiger partial charge is 0.256 e. The Hall–Kier alpha value is -3.44. The quantitative estimate of drug-likeness (QED) is 0.368. The Morgan fingerprint density at radius 2 is 1.65 bits per heavy atom. The van der Waals surface area contributed by atoms with Crippen LogP contribution in [-0.4, -0.2) is 10.9 Å². The third-order valence-electron chi connectivity index (χ3n) is 5.08. The number of aryl methyl sites for hydroxylation is 3. The van der Waals surface area contributed by atoms with Gasteiger partial charge in [0.1, 0.15) is 10.8 Å². The normalized spacial score (nSPS) is 11.7. The Bertz CT molecular complexity index is 1180. The van der Waals surface area contributed by atoms with E-state index >= 15 is 0 Å². The SMILES string of the molecule is Cc1ccc([C@H](Nc2cc(C)ccn2)c2cc(C)sc2NC(=O)c2ccccc2)cc1. The first-order valence-electron chi connectivity index (χ1n) is 10.2. The number of nitrogens with zero attached hydrogens (tertiary/aromatic N) is 1. The van der Waals surface area contributed by atoms with Crippen molar-refractivity contribution in [1.82, 2.24) is 4.98 Å². The van der Waals surface area contributed by atoms with E-state index in [-0.39, 0.29) is 11.9 Å². The second kappa shape index (κ2) is 9.14. The molecule has 4 nitrogen and oxygen atoms in total. The van der Waals surface area contributed by atoms with Crippen molar-refractivity contribution in [3.63, 3.8) is 0 Å². The fraction of sp³-hybridized carbons (Fsp3) is 0.154. The molecule has 4 rings (SSSR count). The number of carbonyl (C=O) groups is 1. The summed E-state index contributed by atoms with van der Waals surface area (Å²) in [6.45, 7) is 6.19. The summed E-state index contributed by atoms with van der Waals surface area (Å²) in [4.78, 5) is 18.5. The molecule has 0 unspecified atom stereocenters. The zero-order valence-electron chi connectivity index (χ0n) is 17.8. The van der Waals surface area contributed by atoms with Crippen LogP contribution in [0.15, 0.2) is 79.0 Å². The van der Waals surface area contributed by atoms with Crippen LogP contribution >= 0.6 is 11.3 Å². The number of amides is 1. The molecule has 4 aromatic rings. The Balaban J connectivity index is 1.72. The molecule has 0 aliphatic carbocycles. The van der Waals surface area contributed by atoms with Gasteiger partial charge in [-0.1, -0.05) is 48.0 Å². The number of hydrogen-bond donors (Lipinski definition) is 2. The Morgan fingerprint density at radius 3 is 2.35 bits per heavy atom. The molecule has 0 saturated heterocycles. The molecule has 5 heteroatoms. The van der Waals surface area contributed by atoms with Gasteiger partial charge in [-0.05, 0) is 62.2 Å². The van der Waals surface area contributed by atoms with Crippen LogP contribution in [0.25, 0.3) is 0 Å². The van der Waals surface area contributed by atoms with E-state index in [0.717, 1.165) is 32.4 Å². The number of carbonyl (C=O) groups excluding carboxylic acids is 1. The van der Waals surface area contributed by atoms with Crippen molar-refractivity contribution in [2.24, 2.45) is 0 Å². The van der Waals surface area contributed by atoms with Crippen LogP contribution in [0.4, 0.5) is 10.8 Å². The van der Waals surface area contributed by atoms with Gasteiger partial charge >= 0.3 is 0 Å². The summed E-state index contributed by atoms with van der Waals surface area (Å²) in [6, 6.07) is 23.7. The molecule has 0 bridgehead atoms. The van der Waals surface area contributed by atoms with Crippen LogP contribution in [0.1, 0.15) is 43.5 Å². The van der Waals surface area contributed by atoms with Gasteiger partial charge in [-0.3, -0.25) is 4.79 Å². The van der Waals surface area contributed by atoms with Gasteiger partial charge < -0.3 is 10.6 Å². The van der Waals surface area contributed by atoms with E-state index in [2.05, 4.69) is 59.8 Å². The van der Waals surface area contributed by atoms with Crippen molar-refractivity contribution in [2.45, 2.75) is 26.8 Å². The van der Waals surface area contributed by atoms with Gasteiger partial charge in [0.15, 0.2) is 0 Å². The predicted octanol–water partition coefficient (Wildman–Crippen LogP) is 6.52. The van der Waals surface area contributed by atoms with Crippen LogP contribution in [0.2, 0.25) is 0 Å². The summed E-state index contributed by atoms with van der Waals surface area (Å²) in [6.07, 6.45) is 1.81. The van der Waals surface area contributed by atoms with Crippen molar-refractivity contribution in [1.29, 1.82) is 0 Å². The molecule has 2 aromatic heterocycles. The minimum absolute atomic E-state index is 0.111. The second-order valence-corrected chi connectivity index (χ2v) is 8.92. The summed E-state index contributed by atoms with van der Waals surface area (Å²) < 4.78 is 0. The third-order valence-corrected chi connectivity index (χ3v) is 6.06. The molecule has 0 aliphatic rings. The molecule has 31 heavy (non-hydrogen) atoms. The molecule has 0 fully saturated rings. The first-order valence-corrected chi connectivity index (χ1v) is 11.0. The predicted molar refractivity (Wildman–Crippen MR) is 129 cm³/mol. The molecule has 1 atom stereocenters. The van der Waals surface area contributed by atoms with Gasteiger partial charge in [0.25, 0.3) is 5.91 Å². The fourth-order valence-corrected chi connectivity index (χ4v) is 4.42. The number of nitrogens with one attached hydrogen (secondary N) is 2. The maximum Gasteiger partial charge on any atom is 0.256 e. The maximum absolute atomic E-state index is 12.8. The van der Waals surface area contributed by atoms with Crippen LogP contribution in [0.5, 0.6) is 0 Å². The van der Waals surface area contributed by atoms with E-state index in [1.54, 1.807) is 17.5 Å². The van der Waals surface area contributed by atoms with E-state index in [9.17, 15) is 4.79 Å². The topological polar surface area (TPSA) is 54.0 Å². The van der Waals surface area contributed by atoms with Gasteiger partial charge in [0, 0.05) is 22.2 Å². The fourth-order valence-electron chi connectivity index (χ4n) is 3.47. The largest absolute Gasteiger partial charge is 0.359 e. The molecule has 0 saturated carbocycles. The summed E-state index contributed by atoms with van der Waals surface area (Å²) in [7, 11) is 0. The molecule has 156 valence electrons. The summed E-state index contributed by atoms with van der Waals surface area (Å²) in [5.74, 6) is 0.690. The van der Waals surface area contributed by atoms with E-state index in [1.807, 2.05) is 49.4 Å². The van der Waals surface area contributed by atoms with Gasteiger partial charge in [-0.2, -0.15) is 0 Å². The Morgan fingerprint density at radius 1 is 0.903 bits per heavy atom. The summed E-state index contributed by atoms with van der Waals surface area (Å²) in [5, 5.41) is 7.55. The Labute approximate surface area is 187 Å². The zero-order valence-corrected chi connectivity index (χ0v) is 18.7. The Kier molecular flexibility index (Phi) is 6.14. The van der Waals surface area contributed by atoms with Gasteiger partial charge in [0.05, 0.1) is 6.04 Å². The van der Waals surface area contributed by atoms with Crippen molar-refractivity contribution in [3.05, 3.63) is 112 Å². The van der Waals surface area contributed by atoms with E-state index in [0.29, 0.717) is 5.56 Å². The molecule has 1 amide bonds. The minimum atomic E-state index is -0.147. The summed E-state index contributed by atoms with van der Waals surface area (Å²) >= 11 is 1.58. The summed E-state index contributed by atoms with van der Waals surface area (Å²) in [5.41, 5.74) is 5.12. The highest BCUT2D eigenvalue weighted by Crippen LogP contribution is 2.37. The van der Waals surface area contributed by atoms with Crippen molar-refractivity contribution < 1.29 is 4.79 Å². The lowest BCUT2D eigenvalue weighted by molar-refractivity contribution is 0.102. The number of thiophene rings is 1. The van der Waals surface area contributed by atoms with Crippen LogP contribution in [0, 0.1) is 20.8 Å². The molecular weight excluding hydrogens is 402 g/mol. The minimum Gasteiger partial charge on any atom is -0.359 e. The van der Waals surface area contributed by atoms with Crippen LogP contribution < -0.4 is 10.6 Å². The number of aromatic nitrogens is 1. The highest BCUT2D eigenvalue weighted by molar-refractivity contribution is 7.16. The van der Waals surface area contributed by atoms with E-state index < -0.39 is 0 Å². The molecule has 0 spiro atoms. The molecule has 2 aromatic carbocycles. The molecule has 0 aliphatic heterocycles. The highest BCUT2D eigenvalue weighted by Gasteiger charge is 2.22. The third kappa shape index (κ3) is 5.01. The number of benzene rings is 2. The van der Waals surface area contributed by atoms with Crippen LogP contribution in [0.3, 0.4) is 0 Å². The number of hydrogen-bond acceptors (Lipinski definition) is 4. The maximum atomic E-state index is 12.8. The van der Waals surface area contributed by atoms with Gasteiger partial charge in [-0.25, -0.2) is 4.98 Å².